The van der Waals surface area contributed by atoms with Crippen molar-refractivity contribution in [3.8, 4) is 5.75 Å². The summed E-state index contributed by atoms with van der Waals surface area (Å²) in [6.07, 6.45) is 8.21. The number of aryl methyl sites for hydroxylation is 1. The molecule has 0 amide bonds. The second-order valence-electron chi connectivity index (χ2n) is 10.4. The maximum Gasteiger partial charge on any atom is 0.231 e. The van der Waals surface area contributed by atoms with Crippen LogP contribution in [0.4, 0.5) is 11.6 Å². The fourth-order valence-electron chi connectivity index (χ4n) is 3.62. The highest BCUT2D eigenvalue weighted by Gasteiger charge is 2.26. The minimum atomic E-state index is -0.196. The number of hydrogen-bond donors (Lipinski definition) is 3. The third kappa shape index (κ3) is 7.67. The summed E-state index contributed by atoms with van der Waals surface area (Å²) in [5.74, 6) is 1.62. The maximum atomic E-state index is 10.9. The van der Waals surface area contributed by atoms with Gasteiger partial charge in [0.2, 0.25) is 5.95 Å². The van der Waals surface area contributed by atoms with Crippen LogP contribution in [0.15, 0.2) is 17.3 Å². The van der Waals surface area contributed by atoms with Crippen LogP contribution in [0.25, 0.3) is 0 Å². The van der Waals surface area contributed by atoms with Gasteiger partial charge in [-0.25, -0.2) is 4.98 Å². The highest BCUT2D eigenvalue weighted by molar-refractivity contribution is 7.80. The van der Waals surface area contributed by atoms with E-state index in [1.165, 1.54) is 32.1 Å². The van der Waals surface area contributed by atoms with Crippen molar-refractivity contribution in [3.05, 3.63) is 29.1 Å². The summed E-state index contributed by atoms with van der Waals surface area (Å²) in [7, 11) is 0. The summed E-state index contributed by atoms with van der Waals surface area (Å²) in [4.78, 5) is 13.4. The molecule has 6 heteroatoms. The molecule has 2 aromatic rings. The van der Waals surface area contributed by atoms with Gasteiger partial charge in [0, 0.05) is 23.2 Å². The second-order valence-corrected chi connectivity index (χ2v) is 10.8. The molecular weight excluding hydrogens is 404 g/mol. The maximum absolute atomic E-state index is 10.9. The molecule has 0 atom stereocenters. The van der Waals surface area contributed by atoms with Crippen molar-refractivity contribution in [3.63, 3.8) is 0 Å². The lowest BCUT2D eigenvalue weighted by atomic mass is 9.79. The van der Waals surface area contributed by atoms with E-state index in [0.717, 1.165) is 35.5 Å². The number of unbranched alkanes of at least 4 members (excludes halogenated alkanes) is 5. The Bertz CT molecular complexity index is 834. The largest absolute Gasteiger partial charge is 0.507 e. The van der Waals surface area contributed by atoms with Crippen LogP contribution in [0.3, 0.4) is 0 Å². The predicted molar refractivity (Wildman–Crippen MR) is 133 cm³/mol. The number of thiol groups is 1. The molecule has 172 valence electrons. The summed E-state index contributed by atoms with van der Waals surface area (Å²) in [6, 6.07) is 3.97. The Morgan fingerprint density at radius 2 is 1.39 bits per heavy atom. The molecule has 0 bridgehead atoms. The SMILES string of the molecule is CCCCCCCCc1nc(S)nc(Nc2cc(C(C)(C)C)c(O)c(C(C)(C)C)c2)n1. The first kappa shape index (κ1) is 25.4. The van der Waals surface area contributed by atoms with Crippen LogP contribution in [-0.2, 0) is 17.3 Å². The van der Waals surface area contributed by atoms with Gasteiger partial charge in [-0.05, 0) is 29.4 Å². The Labute approximate surface area is 193 Å². The van der Waals surface area contributed by atoms with Crippen LogP contribution in [0.5, 0.6) is 5.75 Å². The van der Waals surface area contributed by atoms with E-state index in [4.69, 9.17) is 0 Å². The minimum absolute atomic E-state index is 0.196. The number of phenolic OH excluding ortho intramolecular Hbond substituents is 1. The number of anilines is 2. The van der Waals surface area contributed by atoms with Gasteiger partial charge in [-0.3, -0.25) is 0 Å². The van der Waals surface area contributed by atoms with E-state index in [-0.39, 0.29) is 10.8 Å². The summed E-state index contributed by atoms with van der Waals surface area (Å²) >= 11 is 4.39. The molecule has 31 heavy (non-hydrogen) atoms. The summed E-state index contributed by atoms with van der Waals surface area (Å²) in [5.41, 5.74) is 2.26. The van der Waals surface area contributed by atoms with Crippen LogP contribution in [0.2, 0.25) is 0 Å². The molecule has 1 aromatic heterocycles. The molecule has 0 radical (unpaired) electrons. The molecular formula is C25H40N4OS. The van der Waals surface area contributed by atoms with E-state index in [1.807, 2.05) is 12.1 Å². The highest BCUT2D eigenvalue weighted by Crippen LogP contribution is 2.41. The zero-order chi connectivity index (χ0) is 23.2. The molecule has 0 aliphatic rings. The average Bonchev–Trinajstić information content (AvgIpc) is 2.63. The smallest absolute Gasteiger partial charge is 0.231 e. The number of aromatic nitrogens is 3. The third-order valence-corrected chi connectivity index (χ3v) is 5.61. The Morgan fingerprint density at radius 1 is 0.839 bits per heavy atom. The van der Waals surface area contributed by atoms with Gasteiger partial charge in [0.1, 0.15) is 11.6 Å². The fourth-order valence-corrected chi connectivity index (χ4v) is 3.83. The molecule has 0 unspecified atom stereocenters. The number of phenols is 1. The van der Waals surface area contributed by atoms with Crippen molar-refractivity contribution >= 4 is 24.3 Å². The first-order chi connectivity index (χ1) is 14.4. The van der Waals surface area contributed by atoms with Crippen molar-refractivity contribution in [1.82, 2.24) is 15.0 Å². The Morgan fingerprint density at radius 3 is 1.94 bits per heavy atom. The van der Waals surface area contributed by atoms with E-state index < -0.39 is 0 Å². The number of nitrogens with zero attached hydrogens (tertiary/aromatic N) is 3. The van der Waals surface area contributed by atoms with Gasteiger partial charge >= 0.3 is 0 Å². The van der Waals surface area contributed by atoms with Gasteiger partial charge in [0.25, 0.3) is 0 Å². The lowest BCUT2D eigenvalue weighted by molar-refractivity contribution is 0.423. The Kier molecular flexibility index (Phi) is 8.75. The lowest BCUT2D eigenvalue weighted by Gasteiger charge is -2.28. The molecule has 0 aliphatic carbocycles. The van der Waals surface area contributed by atoms with E-state index >= 15 is 0 Å². The third-order valence-electron chi connectivity index (χ3n) is 5.41. The molecule has 0 fully saturated rings. The van der Waals surface area contributed by atoms with E-state index in [0.29, 0.717) is 16.9 Å². The molecule has 0 saturated carbocycles. The zero-order valence-electron chi connectivity index (χ0n) is 20.3. The van der Waals surface area contributed by atoms with Crippen molar-refractivity contribution in [1.29, 1.82) is 0 Å². The molecule has 1 aromatic carbocycles. The monoisotopic (exact) mass is 444 g/mol. The van der Waals surface area contributed by atoms with Gasteiger partial charge in [0.15, 0.2) is 5.16 Å². The fraction of sp³-hybridized carbons (Fsp3) is 0.640. The molecule has 5 nitrogen and oxygen atoms in total. The quantitative estimate of drug-likeness (QED) is 0.218. The molecule has 2 N–H and O–H groups in total. The van der Waals surface area contributed by atoms with Gasteiger partial charge in [-0.2, -0.15) is 9.97 Å². The van der Waals surface area contributed by atoms with Crippen molar-refractivity contribution in [2.75, 3.05) is 5.32 Å². The van der Waals surface area contributed by atoms with Crippen molar-refractivity contribution in [2.45, 2.75) is 109 Å². The van der Waals surface area contributed by atoms with Crippen LogP contribution in [0, 0.1) is 0 Å². The number of aromatic hydroxyl groups is 1. The minimum Gasteiger partial charge on any atom is -0.507 e. The van der Waals surface area contributed by atoms with E-state index in [1.54, 1.807) is 0 Å². The number of benzene rings is 1. The number of hydrogen-bond acceptors (Lipinski definition) is 6. The molecule has 2 rings (SSSR count). The van der Waals surface area contributed by atoms with Crippen LogP contribution < -0.4 is 5.32 Å². The standard InChI is InChI=1S/C25H40N4OS/c1-8-9-10-11-12-13-14-20-27-22(29-23(31)28-20)26-17-15-18(24(2,3)4)21(30)19(16-17)25(5,6)7/h15-16,30H,8-14H2,1-7H3,(H2,26,27,28,29,31). The van der Waals surface area contributed by atoms with Gasteiger partial charge in [-0.1, -0.05) is 80.6 Å². The summed E-state index contributed by atoms with van der Waals surface area (Å²) in [6.45, 7) is 14.8. The second kappa shape index (κ2) is 10.7. The normalized spacial score (nSPS) is 12.3. The molecule has 0 saturated heterocycles. The van der Waals surface area contributed by atoms with Crippen molar-refractivity contribution in [2.24, 2.45) is 0 Å². The van der Waals surface area contributed by atoms with Crippen LogP contribution in [-0.4, -0.2) is 20.1 Å². The van der Waals surface area contributed by atoms with Gasteiger partial charge < -0.3 is 10.4 Å². The Balaban J connectivity index is 2.24. The van der Waals surface area contributed by atoms with Crippen molar-refractivity contribution < 1.29 is 5.11 Å². The first-order valence-corrected chi connectivity index (χ1v) is 12.0. The summed E-state index contributed by atoms with van der Waals surface area (Å²) < 4.78 is 0. The average molecular weight is 445 g/mol. The van der Waals surface area contributed by atoms with Gasteiger partial charge in [-0.15, -0.1) is 12.6 Å². The highest BCUT2D eigenvalue weighted by atomic mass is 32.1. The van der Waals surface area contributed by atoms with E-state index in [2.05, 4.69) is 81.4 Å². The zero-order valence-corrected chi connectivity index (χ0v) is 21.2. The van der Waals surface area contributed by atoms with Crippen LogP contribution >= 0.6 is 12.6 Å². The summed E-state index contributed by atoms with van der Waals surface area (Å²) in [5, 5.41) is 14.7. The predicted octanol–water partition coefficient (Wildman–Crippen LogP) is 7.11. The van der Waals surface area contributed by atoms with Gasteiger partial charge in [0.05, 0.1) is 0 Å². The number of nitrogens with one attached hydrogen (secondary N) is 1. The van der Waals surface area contributed by atoms with Crippen LogP contribution in [0.1, 0.15) is 104 Å². The molecule has 1 heterocycles. The lowest BCUT2D eigenvalue weighted by Crippen LogP contribution is -2.18. The molecule has 0 aliphatic heterocycles. The van der Waals surface area contributed by atoms with E-state index in [9.17, 15) is 5.11 Å². The number of rotatable bonds is 9. The Hall–Kier alpha value is -1.82. The first-order valence-electron chi connectivity index (χ1n) is 11.5. The topological polar surface area (TPSA) is 70.9 Å². The molecule has 0 spiro atoms.